The number of nitrogens with zero attached hydrogens (tertiary/aromatic N) is 3. The van der Waals surface area contributed by atoms with Crippen LogP contribution in [0.2, 0.25) is 0 Å². The summed E-state index contributed by atoms with van der Waals surface area (Å²) in [6.45, 7) is 4.57. The van der Waals surface area contributed by atoms with E-state index >= 15 is 0 Å². The van der Waals surface area contributed by atoms with Crippen LogP contribution >= 0.6 is 11.3 Å². The topological polar surface area (TPSA) is 119 Å². The molecule has 0 saturated carbocycles. The molecule has 1 aliphatic heterocycles. The number of sulfonamides is 1. The van der Waals surface area contributed by atoms with Crippen molar-refractivity contribution in [3.8, 4) is 11.4 Å². The fourth-order valence-corrected chi connectivity index (χ4v) is 6.32. The van der Waals surface area contributed by atoms with Crippen LogP contribution in [0.5, 0.6) is 0 Å². The van der Waals surface area contributed by atoms with Crippen LogP contribution in [-0.2, 0) is 27.8 Å². The van der Waals surface area contributed by atoms with E-state index in [1.54, 1.807) is 11.4 Å². The van der Waals surface area contributed by atoms with Crippen LogP contribution in [-0.4, -0.2) is 41.9 Å². The number of rotatable bonds is 7. The third-order valence-electron chi connectivity index (χ3n) is 5.19. The maximum Gasteiger partial charge on any atom is 0.252 e. The van der Waals surface area contributed by atoms with Crippen LogP contribution in [0.3, 0.4) is 0 Å². The Morgan fingerprint density at radius 1 is 1.39 bits per heavy atom. The summed E-state index contributed by atoms with van der Waals surface area (Å²) < 4.78 is 38.5. The van der Waals surface area contributed by atoms with Gasteiger partial charge in [0.15, 0.2) is 0 Å². The predicted molar refractivity (Wildman–Crippen MR) is 114 cm³/mol. The van der Waals surface area contributed by atoms with E-state index in [1.165, 1.54) is 4.31 Å². The molecule has 1 unspecified atom stereocenters. The number of thiophene rings is 1. The van der Waals surface area contributed by atoms with Crippen molar-refractivity contribution in [1.82, 2.24) is 19.8 Å². The molecule has 1 atom stereocenters. The molecule has 0 aliphatic carbocycles. The van der Waals surface area contributed by atoms with E-state index in [0.29, 0.717) is 48.8 Å². The lowest BCUT2D eigenvalue weighted by molar-refractivity contribution is -0.126. The number of nitrogens with one attached hydrogen (secondary N) is 1. The Labute approximate surface area is 184 Å². The molecule has 1 fully saturated rings. The molecule has 11 heteroatoms. The van der Waals surface area contributed by atoms with Crippen molar-refractivity contribution in [2.75, 3.05) is 13.1 Å². The largest absolute Gasteiger partial charge is 0.465 e. The number of piperidine rings is 1. The normalized spacial score (nSPS) is 17.7. The van der Waals surface area contributed by atoms with Crippen LogP contribution < -0.4 is 5.32 Å². The number of carbonyl (C=O) groups excluding carboxylic acids is 1. The Bertz CT molecular complexity index is 1160. The van der Waals surface area contributed by atoms with Gasteiger partial charge in [-0.1, -0.05) is 12.1 Å². The van der Waals surface area contributed by atoms with Gasteiger partial charge in [-0.2, -0.15) is 9.29 Å². The molecule has 1 aliphatic rings. The van der Waals surface area contributed by atoms with Gasteiger partial charge < -0.3 is 14.3 Å². The Balaban J connectivity index is 1.42. The van der Waals surface area contributed by atoms with E-state index in [2.05, 4.69) is 15.5 Å². The third-order valence-corrected chi connectivity index (χ3v) is 8.47. The van der Waals surface area contributed by atoms with Crippen molar-refractivity contribution in [2.45, 2.75) is 43.9 Å². The maximum absolute atomic E-state index is 13.2. The molecular formula is C20H24N4O5S2. The van der Waals surface area contributed by atoms with Gasteiger partial charge >= 0.3 is 0 Å². The van der Waals surface area contributed by atoms with E-state index in [-0.39, 0.29) is 23.2 Å². The highest BCUT2D eigenvalue weighted by molar-refractivity contribution is 7.91. The molecule has 4 rings (SSSR count). The van der Waals surface area contributed by atoms with E-state index in [1.807, 2.05) is 26.0 Å². The Morgan fingerprint density at radius 2 is 2.23 bits per heavy atom. The lowest BCUT2D eigenvalue weighted by Crippen LogP contribution is -2.45. The Kier molecular flexibility index (Phi) is 6.26. The first-order valence-corrected chi connectivity index (χ1v) is 12.4. The molecule has 9 nitrogen and oxygen atoms in total. The average Bonchev–Trinajstić information content (AvgIpc) is 3.52. The van der Waals surface area contributed by atoms with Crippen molar-refractivity contribution < 1.29 is 22.2 Å². The summed E-state index contributed by atoms with van der Waals surface area (Å²) in [5.74, 6) is 1.76. The SMILES string of the molecule is CCc1nc(-c2csc(S(=O)(=O)N3CCCC(C(=O)NCc4ccc(C)o4)C3)c2)no1. The number of aryl methyl sites for hydroxylation is 2. The highest BCUT2D eigenvalue weighted by atomic mass is 32.2. The number of carbonyl (C=O) groups is 1. The number of furan rings is 1. The summed E-state index contributed by atoms with van der Waals surface area (Å²) in [6, 6.07) is 5.21. The van der Waals surface area contributed by atoms with Gasteiger partial charge in [0.2, 0.25) is 17.6 Å². The minimum Gasteiger partial charge on any atom is -0.465 e. The van der Waals surface area contributed by atoms with Gasteiger partial charge in [0, 0.05) is 30.5 Å². The molecule has 0 aromatic carbocycles. The fourth-order valence-electron chi connectivity index (χ4n) is 3.49. The van der Waals surface area contributed by atoms with Gasteiger partial charge in [0.1, 0.15) is 15.7 Å². The molecule has 0 spiro atoms. The highest BCUT2D eigenvalue weighted by Gasteiger charge is 2.34. The first kappa shape index (κ1) is 21.7. The zero-order valence-electron chi connectivity index (χ0n) is 17.3. The monoisotopic (exact) mass is 464 g/mol. The quantitative estimate of drug-likeness (QED) is 0.571. The second kappa shape index (κ2) is 8.93. The van der Waals surface area contributed by atoms with Gasteiger partial charge in [-0.05, 0) is 38.0 Å². The Morgan fingerprint density at radius 3 is 2.94 bits per heavy atom. The third kappa shape index (κ3) is 4.73. The summed E-state index contributed by atoms with van der Waals surface area (Å²) in [6.07, 6.45) is 1.88. The van der Waals surface area contributed by atoms with Crippen LogP contribution in [0.25, 0.3) is 11.4 Å². The fraction of sp³-hybridized carbons (Fsp3) is 0.450. The molecule has 0 radical (unpaired) electrons. The van der Waals surface area contributed by atoms with Crippen molar-refractivity contribution in [2.24, 2.45) is 5.92 Å². The van der Waals surface area contributed by atoms with E-state index in [9.17, 15) is 13.2 Å². The molecule has 31 heavy (non-hydrogen) atoms. The Hall–Kier alpha value is -2.50. The van der Waals surface area contributed by atoms with Crippen LogP contribution in [0.15, 0.2) is 36.7 Å². The first-order chi connectivity index (χ1) is 14.9. The first-order valence-electron chi connectivity index (χ1n) is 10.1. The maximum atomic E-state index is 13.2. The van der Waals surface area contributed by atoms with Crippen LogP contribution in [0.1, 0.15) is 37.2 Å². The van der Waals surface area contributed by atoms with Crippen molar-refractivity contribution in [3.63, 3.8) is 0 Å². The van der Waals surface area contributed by atoms with Gasteiger partial charge in [-0.3, -0.25) is 4.79 Å². The van der Waals surface area contributed by atoms with Gasteiger partial charge in [-0.15, -0.1) is 11.3 Å². The lowest BCUT2D eigenvalue weighted by atomic mass is 9.99. The molecule has 4 heterocycles. The molecule has 166 valence electrons. The second-order valence-corrected chi connectivity index (χ2v) is 10.5. The summed E-state index contributed by atoms with van der Waals surface area (Å²) in [5, 5.41) is 8.45. The number of amides is 1. The van der Waals surface area contributed by atoms with E-state index < -0.39 is 15.9 Å². The molecular weight excluding hydrogens is 440 g/mol. The summed E-state index contributed by atoms with van der Waals surface area (Å²) in [5.41, 5.74) is 0.604. The number of aromatic nitrogens is 2. The smallest absolute Gasteiger partial charge is 0.252 e. The van der Waals surface area contributed by atoms with Gasteiger partial charge in [0.05, 0.1) is 12.5 Å². The summed E-state index contributed by atoms with van der Waals surface area (Å²) in [7, 11) is -3.71. The van der Waals surface area contributed by atoms with Crippen molar-refractivity contribution in [3.05, 3.63) is 41.0 Å². The number of hydrogen-bond donors (Lipinski definition) is 1. The van der Waals surface area contributed by atoms with Crippen LogP contribution in [0, 0.1) is 12.8 Å². The standard InChI is InChI=1S/C20H24N4O5S2/c1-3-17-22-19(23-29-17)15-9-18(30-12-15)31(26,27)24-8-4-5-14(11-24)20(25)21-10-16-7-6-13(2)28-16/h6-7,9,12,14H,3-5,8,10-11H2,1-2H3,(H,21,25). The average molecular weight is 465 g/mol. The van der Waals surface area contributed by atoms with Crippen molar-refractivity contribution >= 4 is 27.3 Å². The molecule has 1 N–H and O–H groups in total. The van der Waals surface area contributed by atoms with Gasteiger partial charge in [-0.25, -0.2) is 8.42 Å². The minimum atomic E-state index is -3.71. The molecule has 3 aromatic heterocycles. The highest BCUT2D eigenvalue weighted by Crippen LogP contribution is 2.31. The zero-order valence-corrected chi connectivity index (χ0v) is 19.0. The zero-order chi connectivity index (χ0) is 22.0. The lowest BCUT2D eigenvalue weighted by Gasteiger charge is -2.30. The number of hydrogen-bond acceptors (Lipinski definition) is 8. The van der Waals surface area contributed by atoms with E-state index in [0.717, 1.165) is 17.1 Å². The van der Waals surface area contributed by atoms with Gasteiger partial charge in [0.25, 0.3) is 10.0 Å². The molecule has 0 bridgehead atoms. The van der Waals surface area contributed by atoms with E-state index in [4.69, 9.17) is 8.94 Å². The molecule has 1 saturated heterocycles. The predicted octanol–water partition coefficient (Wildman–Crippen LogP) is 2.98. The summed E-state index contributed by atoms with van der Waals surface area (Å²) in [4.78, 5) is 16.9. The molecule has 3 aromatic rings. The van der Waals surface area contributed by atoms with Crippen molar-refractivity contribution in [1.29, 1.82) is 0 Å². The second-order valence-electron chi connectivity index (χ2n) is 7.45. The summed E-state index contributed by atoms with van der Waals surface area (Å²) >= 11 is 1.12. The minimum absolute atomic E-state index is 0.154. The molecule has 1 amide bonds. The van der Waals surface area contributed by atoms with Crippen LogP contribution in [0.4, 0.5) is 0 Å².